The lowest BCUT2D eigenvalue weighted by atomic mass is 10.2. The molecule has 0 saturated carbocycles. The number of ether oxygens (including phenoxy) is 1. The molecule has 194 valence electrons. The Labute approximate surface area is 203 Å². The smallest absolute Gasteiger partial charge is 0.419 e. The molecular weight excluding hydrogens is 511 g/mol. The van der Waals surface area contributed by atoms with Gasteiger partial charge in [0.25, 0.3) is 0 Å². The summed E-state index contributed by atoms with van der Waals surface area (Å²) in [6, 6.07) is 8.83. The van der Waals surface area contributed by atoms with Crippen molar-refractivity contribution in [2.75, 3.05) is 11.9 Å². The molecule has 0 radical (unpaired) electrons. The number of hydrogen-bond donors (Lipinski definition) is 2. The van der Waals surface area contributed by atoms with Gasteiger partial charge in [-0.2, -0.15) is 26.3 Å². The van der Waals surface area contributed by atoms with Crippen LogP contribution >= 0.6 is 0 Å². The van der Waals surface area contributed by atoms with Crippen molar-refractivity contribution in [3.05, 3.63) is 78.1 Å². The van der Waals surface area contributed by atoms with Crippen molar-refractivity contribution in [3.63, 3.8) is 0 Å². The molecule has 2 aromatic carbocycles. The fourth-order valence-corrected chi connectivity index (χ4v) is 3.35. The van der Waals surface area contributed by atoms with Crippen molar-refractivity contribution in [2.45, 2.75) is 18.9 Å². The minimum absolute atomic E-state index is 0.0760. The first-order chi connectivity index (χ1) is 17.4. The van der Waals surface area contributed by atoms with Gasteiger partial charge < -0.3 is 15.4 Å². The van der Waals surface area contributed by atoms with Crippen LogP contribution in [0.25, 0.3) is 10.9 Å². The molecule has 0 aliphatic carbocycles. The molecular formula is C23H16F7N5O2. The van der Waals surface area contributed by atoms with Gasteiger partial charge in [-0.15, -0.1) is 0 Å². The summed E-state index contributed by atoms with van der Waals surface area (Å²) in [6.07, 6.45) is -6.77. The van der Waals surface area contributed by atoms with Crippen LogP contribution in [0.1, 0.15) is 11.3 Å². The molecule has 4 rings (SSSR count). The molecule has 0 spiro atoms. The third kappa shape index (κ3) is 6.52. The highest BCUT2D eigenvalue weighted by atomic mass is 19.4. The molecule has 14 heteroatoms. The van der Waals surface area contributed by atoms with Crippen LogP contribution in [0.5, 0.6) is 11.6 Å². The number of halogens is 7. The van der Waals surface area contributed by atoms with E-state index in [-0.39, 0.29) is 23.8 Å². The zero-order valence-corrected chi connectivity index (χ0v) is 18.5. The molecule has 4 aromatic rings. The Hall–Kier alpha value is -4.20. The number of aromatic nitrogens is 3. The van der Waals surface area contributed by atoms with Gasteiger partial charge in [-0.3, -0.25) is 4.57 Å². The average Bonchev–Trinajstić information content (AvgIpc) is 3.22. The van der Waals surface area contributed by atoms with E-state index in [0.717, 1.165) is 17.0 Å². The predicted molar refractivity (Wildman–Crippen MR) is 118 cm³/mol. The minimum Gasteiger partial charge on any atom is -0.439 e. The van der Waals surface area contributed by atoms with Crippen molar-refractivity contribution in [1.82, 2.24) is 19.9 Å². The number of carbonyl (C=O) groups excluding carboxylic acids is 1. The van der Waals surface area contributed by atoms with Crippen LogP contribution < -0.4 is 15.4 Å². The molecule has 0 aliphatic rings. The minimum atomic E-state index is -4.93. The molecule has 2 N–H and O–H groups in total. The molecule has 0 atom stereocenters. The molecule has 0 unspecified atom stereocenters. The maximum absolute atomic E-state index is 13.5. The van der Waals surface area contributed by atoms with Gasteiger partial charge in [-0.05, 0) is 42.5 Å². The van der Waals surface area contributed by atoms with E-state index in [4.69, 9.17) is 4.74 Å². The number of benzene rings is 2. The van der Waals surface area contributed by atoms with E-state index in [2.05, 4.69) is 20.6 Å². The SMILES string of the molecule is O=C(Nc1ccc(F)c(C(F)(F)F)c1)n1ccc2cc(Oc3cc(CNCC(F)(F)F)ncn3)ccc21. The standard InChI is InChI=1S/C23H16F7N5O2/c24-18-3-1-14(8-17(18)23(28,29)30)34-21(36)35-6-5-13-7-16(2-4-19(13)35)37-20-9-15(32-12-33-20)10-31-11-22(25,26)27/h1-9,12,31H,10-11H2,(H,34,36). The van der Waals surface area contributed by atoms with E-state index in [1.165, 1.54) is 24.4 Å². The second-order valence-corrected chi connectivity index (χ2v) is 7.70. The highest BCUT2D eigenvalue weighted by molar-refractivity contribution is 5.98. The quantitative estimate of drug-likeness (QED) is 0.296. The van der Waals surface area contributed by atoms with Crippen LogP contribution in [0.15, 0.2) is 61.1 Å². The number of hydrogen-bond acceptors (Lipinski definition) is 5. The Morgan fingerprint density at radius 3 is 2.49 bits per heavy atom. The van der Waals surface area contributed by atoms with Crippen LogP contribution in [-0.2, 0) is 12.7 Å². The number of nitrogens with zero attached hydrogens (tertiary/aromatic N) is 3. The summed E-state index contributed by atoms with van der Waals surface area (Å²) in [5.74, 6) is -1.09. The monoisotopic (exact) mass is 527 g/mol. The highest BCUT2D eigenvalue weighted by Crippen LogP contribution is 2.33. The molecule has 1 amide bonds. The summed E-state index contributed by atoms with van der Waals surface area (Å²) in [7, 11) is 0. The van der Waals surface area contributed by atoms with Gasteiger partial charge in [0.2, 0.25) is 5.88 Å². The number of alkyl halides is 6. The molecule has 0 fully saturated rings. The van der Waals surface area contributed by atoms with Crippen molar-refractivity contribution < 1.29 is 40.3 Å². The molecule has 0 saturated heterocycles. The van der Waals surface area contributed by atoms with Crippen molar-refractivity contribution in [2.24, 2.45) is 0 Å². The molecule has 2 aromatic heterocycles. The first kappa shape index (κ1) is 25.9. The lowest BCUT2D eigenvalue weighted by Crippen LogP contribution is -2.28. The van der Waals surface area contributed by atoms with Crippen LogP contribution in [0, 0.1) is 5.82 Å². The summed E-state index contributed by atoms with van der Waals surface area (Å²) in [4.78, 5) is 20.5. The van der Waals surface area contributed by atoms with E-state index in [0.29, 0.717) is 28.8 Å². The number of nitrogens with one attached hydrogen (secondary N) is 2. The van der Waals surface area contributed by atoms with Gasteiger partial charge >= 0.3 is 18.4 Å². The first-order valence-corrected chi connectivity index (χ1v) is 10.4. The Morgan fingerprint density at radius 2 is 1.76 bits per heavy atom. The number of fused-ring (bicyclic) bond motifs is 1. The summed E-state index contributed by atoms with van der Waals surface area (Å²) in [5, 5.41) is 5.04. The van der Waals surface area contributed by atoms with Crippen LogP contribution in [0.3, 0.4) is 0 Å². The predicted octanol–water partition coefficient (Wildman–Crippen LogP) is 6.11. The second kappa shape index (κ2) is 10.0. The fourth-order valence-electron chi connectivity index (χ4n) is 3.35. The largest absolute Gasteiger partial charge is 0.439 e. The summed E-state index contributed by atoms with van der Waals surface area (Å²) in [6.45, 7) is -1.34. The van der Waals surface area contributed by atoms with Gasteiger partial charge in [-0.25, -0.2) is 19.2 Å². The van der Waals surface area contributed by atoms with E-state index in [9.17, 15) is 35.5 Å². The maximum Gasteiger partial charge on any atom is 0.419 e. The number of rotatable bonds is 6. The van der Waals surface area contributed by atoms with Gasteiger partial charge in [-0.1, -0.05) is 0 Å². The van der Waals surface area contributed by atoms with Crippen LogP contribution in [-0.4, -0.2) is 33.3 Å². The second-order valence-electron chi connectivity index (χ2n) is 7.70. The maximum atomic E-state index is 13.5. The first-order valence-electron chi connectivity index (χ1n) is 10.4. The third-order valence-electron chi connectivity index (χ3n) is 4.96. The molecule has 2 heterocycles. The van der Waals surface area contributed by atoms with Gasteiger partial charge in [0.15, 0.2) is 0 Å². The van der Waals surface area contributed by atoms with E-state index in [1.807, 2.05) is 0 Å². The van der Waals surface area contributed by atoms with E-state index in [1.54, 1.807) is 12.1 Å². The van der Waals surface area contributed by atoms with Crippen molar-refractivity contribution in [1.29, 1.82) is 0 Å². The summed E-state index contributed by atoms with van der Waals surface area (Å²) >= 11 is 0. The fraction of sp³-hybridized carbons (Fsp3) is 0.174. The Balaban J connectivity index is 1.46. The topological polar surface area (TPSA) is 81.1 Å². The summed E-state index contributed by atoms with van der Waals surface area (Å²) in [5.41, 5.74) is -1.09. The Bertz CT molecular complexity index is 1430. The molecule has 0 aliphatic heterocycles. The summed E-state index contributed by atoms with van der Waals surface area (Å²) < 4.78 is 96.0. The number of amides is 1. The highest BCUT2D eigenvalue weighted by Gasteiger charge is 2.34. The van der Waals surface area contributed by atoms with E-state index < -0.39 is 36.3 Å². The lowest BCUT2D eigenvalue weighted by Gasteiger charge is -2.12. The molecule has 37 heavy (non-hydrogen) atoms. The Morgan fingerprint density at radius 1 is 0.973 bits per heavy atom. The molecule has 7 nitrogen and oxygen atoms in total. The number of anilines is 1. The van der Waals surface area contributed by atoms with Crippen molar-refractivity contribution >= 4 is 22.6 Å². The van der Waals surface area contributed by atoms with Gasteiger partial charge in [0.05, 0.1) is 23.3 Å². The lowest BCUT2D eigenvalue weighted by molar-refractivity contribution is -0.140. The van der Waals surface area contributed by atoms with Crippen molar-refractivity contribution in [3.8, 4) is 11.6 Å². The van der Waals surface area contributed by atoms with E-state index >= 15 is 0 Å². The third-order valence-corrected chi connectivity index (χ3v) is 4.96. The van der Waals surface area contributed by atoms with Crippen LogP contribution in [0.2, 0.25) is 0 Å². The van der Waals surface area contributed by atoms with Gasteiger partial charge in [0.1, 0.15) is 17.9 Å². The zero-order valence-electron chi connectivity index (χ0n) is 18.5. The number of carbonyl (C=O) groups is 1. The zero-order chi connectivity index (χ0) is 26.8. The van der Waals surface area contributed by atoms with Crippen LogP contribution in [0.4, 0.5) is 41.2 Å². The normalized spacial score (nSPS) is 12.1. The average molecular weight is 527 g/mol. The Kier molecular flexibility index (Phi) is 7.03. The molecule has 0 bridgehead atoms. The van der Waals surface area contributed by atoms with Gasteiger partial charge in [0, 0.05) is 29.9 Å².